The second-order valence-corrected chi connectivity index (χ2v) is 5.03. The van der Waals surface area contributed by atoms with E-state index in [0.29, 0.717) is 21.8 Å². The number of benzene rings is 1. The molecule has 0 saturated heterocycles. The summed E-state index contributed by atoms with van der Waals surface area (Å²) in [5, 5.41) is 15.3. The minimum atomic E-state index is -0.500. The van der Waals surface area contributed by atoms with Crippen molar-refractivity contribution in [3.05, 3.63) is 40.0 Å². The molecule has 0 bridgehead atoms. The minimum absolute atomic E-state index is 0.0120. The van der Waals surface area contributed by atoms with Gasteiger partial charge < -0.3 is 10.6 Å². The van der Waals surface area contributed by atoms with E-state index in [4.69, 9.17) is 28.5 Å². The maximum Gasteiger partial charge on any atom is 0.267 e. The summed E-state index contributed by atoms with van der Waals surface area (Å²) in [5.41, 5.74) is 0.432. The number of nitriles is 1. The highest BCUT2D eigenvalue weighted by atomic mass is 35.5. The van der Waals surface area contributed by atoms with Crippen molar-refractivity contribution < 1.29 is 4.79 Å². The van der Waals surface area contributed by atoms with Crippen molar-refractivity contribution in [1.29, 1.82) is 5.26 Å². The smallest absolute Gasteiger partial charge is 0.267 e. The first-order chi connectivity index (χ1) is 9.10. The van der Waals surface area contributed by atoms with E-state index < -0.39 is 5.91 Å². The monoisotopic (exact) mass is 295 g/mol. The molecule has 19 heavy (non-hydrogen) atoms. The summed E-state index contributed by atoms with van der Waals surface area (Å²) in [6.07, 6.45) is 3.58. The molecule has 0 spiro atoms. The Morgan fingerprint density at radius 1 is 1.42 bits per heavy atom. The van der Waals surface area contributed by atoms with E-state index >= 15 is 0 Å². The molecule has 0 heterocycles. The zero-order valence-corrected chi connectivity index (χ0v) is 11.4. The molecule has 0 aliphatic heterocycles. The van der Waals surface area contributed by atoms with Crippen LogP contribution in [0.2, 0.25) is 10.0 Å². The van der Waals surface area contributed by atoms with E-state index in [1.165, 1.54) is 12.3 Å². The molecule has 1 fully saturated rings. The predicted molar refractivity (Wildman–Crippen MR) is 74.9 cm³/mol. The zero-order valence-electron chi connectivity index (χ0n) is 9.91. The van der Waals surface area contributed by atoms with Gasteiger partial charge in [0.05, 0.1) is 10.7 Å². The number of halogens is 2. The van der Waals surface area contributed by atoms with Crippen molar-refractivity contribution in [1.82, 2.24) is 5.32 Å². The Balaban J connectivity index is 2.06. The van der Waals surface area contributed by atoms with Crippen LogP contribution < -0.4 is 10.6 Å². The van der Waals surface area contributed by atoms with Gasteiger partial charge in [0.1, 0.15) is 11.6 Å². The fraction of sp³-hybridized carbons (Fsp3) is 0.231. The summed E-state index contributed by atoms with van der Waals surface area (Å²) in [6, 6.07) is 6.96. The molecule has 98 valence electrons. The highest BCUT2D eigenvalue weighted by molar-refractivity contribution is 6.36. The molecule has 1 amide bonds. The number of carbonyl (C=O) groups is 1. The van der Waals surface area contributed by atoms with Crippen LogP contribution in [0.15, 0.2) is 30.0 Å². The minimum Gasteiger partial charge on any atom is -0.387 e. The lowest BCUT2D eigenvalue weighted by molar-refractivity contribution is -0.112. The Kier molecular flexibility index (Phi) is 4.31. The first-order valence-electron chi connectivity index (χ1n) is 5.73. The van der Waals surface area contributed by atoms with Crippen LogP contribution in [-0.2, 0) is 4.79 Å². The number of anilines is 1. The molecule has 2 rings (SSSR count). The Bertz CT molecular complexity index is 574. The summed E-state index contributed by atoms with van der Waals surface area (Å²) >= 11 is 11.7. The van der Waals surface area contributed by atoms with E-state index in [-0.39, 0.29) is 5.57 Å². The summed E-state index contributed by atoms with van der Waals surface area (Å²) < 4.78 is 0. The molecule has 0 atom stereocenters. The molecule has 1 aliphatic carbocycles. The first-order valence-corrected chi connectivity index (χ1v) is 6.48. The highest BCUT2D eigenvalue weighted by Crippen LogP contribution is 2.25. The molecule has 1 aliphatic rings. The number of nitrogens with one attached hydrogen (secondary N) is 2. The summed E-state index contributed by atoms with van der Waals surface area (Å²) in [6.45, 7) is 0. The molecule has 1 aromatic carbocycles. The number of amides is 1. The van der Waals surface area contributed by atoms with Crippen molar-refractivity contribution in [3.8, 4) is 6.07 Å². The van der Waals surface area contributed by atoms with Gasteiger partial charge in [0.25, 0.3) is 5.91 Å². The lowest BCUT2D eigenvalue weighted by Crippen LogP contribution is -2.17. The van der Waals surface area contributed by atoms with Crippen LogP contribution in [0, 0.1) is 11.3 Å². The maximum absolute atomic E-state index is 11.9. The van der Waals surface area contributed by atoms with Gasteiger partial charge >= 0.3 is 0 Å². The van der Waals surface area contributed by atoms with Gasteiger partial charge in [0.2, 0.25) is 0 Å². The fourth-order valence-corrected chi connectivity index (χ4v) is 1.84. The van der Waals surface area contributed by atoms with Crippen LogP contribution in [0.25, 0.3) is 0 Å². The van der Waals surface area contributed by atoms with Gasteiger partial charge in [-0.05, 0) is 31.0 Å². The Morgan fingerprint density at radius 2 is 2.16 bits per heavy atom. The predicted octanol–water partition coefficient (Wildman–Crippen LogP) is 3.09. The summed E-state index contributed by atoms with van der Waals surface area (Å²) in [7, 11) is 0. The quantitative estimate of drug-likeness (QED) is 0.663. The van der Waals surface area contributed by atoms with Crippen molar-refractivity contribution in [2.24, 2.45) is 0 Å². The maximum atomic E-state index is 11.9. The van der Waals surface area contributed by atoms with Crippen LogP contribution in [0.5, 0.6) is 0 Å². The molecule has 1 saturated carbocycles. The molecule has 6 heteroatoms. The topological polar surface area (TPSA) is 64.9 Å². The Labute approximate surface area is 121 Å². The fourth-order valence-electron chi connectivity index (χ4n) is 1.38. The zero-order chi connectivity index (χ0) is 13.8. The highest BCUT2D eigenvalue weighted by Gasteiger charge is 2.20. The van der Waals surface area contributed by atoms with Crippen LogP contribution in [-0.4, -0.2) is 11.9 Å². The number of carbonyl (C=O) groups excluding carboxylic acids is 1. The number of nitrogens with zero attached hydrogens (tertiary/aromatic N) is 1. The average molecular weight is 296 g/mol. The molecule has 0 unspecified atom stereocenters. The van der Waals surface area contributed by atoms with E-state index in [9.17, 15) is 4.79 Å². The normalized spacial score (nSPS) is 14.7. The van der Waals surface area contributed by atoms with Crippen molar-refractivity contribution in [3.63, 3.8) is 0 Å². The third kappa shape index (κ3) is 3.88. The van der Waals surface area contributed by atoms with Crippen LogP contribution >= 0.6 is 23.2 Å². The number of rotatable bonds is 4. The average Bonchev–Trinajstić information content (AvgIpc) is 3.17. The van der Waals surface area contributed by atoms with E-state index in [0.717, 1.165) is 12.8 Å². The Hall–Kier alpha value is -1.70. The SMILES string of the molecule is N#C/C(=C/NC1CC1)C(=O)Nc1ccc(Cl)cc1Cl. The van der Waals surface area contributed by atoms with E-state index in [1.807, 2.05) is 6.07 Å². The van der Waals surface area contributed by atoms with Crippen LogP contribution in [0.1, 0.15) is 12.8 Å². The molecule has 4 nitrogen and oxygen atoms in total. The Morgan fingerprint density at radius 3 is 2.74 bits per heavy atom. The third-order valence-corrected chi connectivity index (χ3v) is 3.13. The second kappa shape index (κ2) is 5.96. The second-order valence-electron chi connectivity index (χ2n) is 4.19. The van der Waals surface area contributed by atoms with Gasteiger partial charge in [-0.3, -0.25) is 4.79 Å². The summed E-state index contributed by atoms with van der Waals surface area (Å²) in [5.74, 6) is -0.500. The van der Waals surface area contributed by atoms with Gasteiger partial charge in [0.15, 0.2) is 0 Å². The molecule has 2 N–H and O–H groups in total. The molecular weight excluding hydrogens is 285 g/mol. The molecule has 1 aromatic rings. The standard InChI is InChI=1S/C13H11Cl2N3O/c14-9-1-4-12(11(15)5-9)18-13(19)8(6-16)7-17-10-2-3-10/h1,4-5,7,10,17H,2-3H2,(H,18,19)/b8-7-. The van der Waals surface area contributed by atoms with Gasteiger partial charge in [-0.1, -0.05) is 23.2 Å². The molecular formula is C13H11Cl2N3O. The van der Waals surface area contributed by atoms with E-state index in [1.54, 1.807) is 12.1 Å². The third-order valence-electron chi connectivity index (χ3n) is 2.59. The molecule has 0 aromatic heterocycles. The summed E-state index contributed by atoms with van der Waals surface area (Å²) in [4.78, 5) is 11.9. The number of hydrogen-bond acceptors (Lipinski definition) is 3. The van der Waals surface area contributed by atoms with Crippen molar-refractivity contribution >= 4 is 34.8 Å². The van der Waals surface area contributed by atoms with E-state index in [2.05, 4.69) is 10.6 Å². The van der Waals surface area contributed by atoms with Gasteiger partial charge in [-0.15, -0.1) is 0 Å². The van der Waals surface area contributed by atoms with Crippen LogP contribution in [0.4, 0.5) is 5.69 Å². The lowest BCUT2D eigenvalue weighted by atomic mass is 10.2. The first kappa shape index (κ1) is 13.7. The largest absolute Gasteiger partial charge is 0.387 e. The van der Waals surface area contributed by atoms with Crippen LogP contribution in [0.3, 0.4) is 0 Å². The van der Waals surface area contributed by atoms with Gasteiger partial charge in [0, 0.05) is 17.3 Å². The van der Waals surface area contributed by atoms with Crippen molar-refractivity contribution in [2.45, 2.75) is 18.9 Å². The lowest BCUT2D eigenvalue weighted by Gasteiger charge is -2.07. The van der Waals surface area contributed by atoms with Gasteiger partial charge in [-0.25, -0.2) is 0 Å². The molecule has 0 radical (unpaired) electrons. The van der Waals surface area contributed by atoms with Gasteiger partial charge in [-0.2, -0.15) is 5.26 Å². The van der Waals surface area contributed by atoms with Crippen molar-refractivity contribution in [2.75, 3.05) is 5.32 Å². The number of hydrogen-bond donors (Lipinski definition) is 2.